The normalized spacial score (nSPS) is 11.7. The van der Waals surface area contributed by atoms with Crippen molar-refractivity contribution in [3.8, 4) is 0 Å². The first-order chi connectivity index (χ1) is 21.8. The summed E-state index contributed by atoms with van der Waals surface area (Å²) in [6, 6.07) is 0. The van der Waals surface area contributed by atoms with Crippen molar-refractivity contribution in [1.82, 2.24) is 0 Å². The highest BCUT2D eigenvalue weighted by Gasteiger charge is 1.98. The van der Waals surface area contributed by atoms with Crippen molar-refractivity contribution in [3.05, 3.63) is 6.92 Å². The van der Waals surface area contributed by atoms with Gasteiger partial charge < -0.3 is 0 Å². The Bertz CT molecular complexity index is 472. The Balaban J connectivity index is 3.03. The van der Waals surface area contributed by atoms with Crippen molar-refractivity contribution in [2.24, 2.45) is 5.92 Å². The predicted molar refractivity (Wildman–Crippen MR) is 208 cm³/mol. The Labute approximate surface area is 286 Å². The van der Waals surface area contributed by atoms with Gasteiger partial charge in [0.2, 0.25) is 0 Å². The molecule has 0 unspecified atom stereocenters. The summed E-state index contributed by atoms with van der Waals surface area (Å²) in [6.07, 6.45) is 54.1. The molecule has 0 saturated heterocycles. The molecular formula is C43H87S. The molecule has 0 aliphatic carbocycles. The van der Waals surface area contributed by atoms with Gasteiger partial charge in [0, 0.05) is 0 Å². The van der Waals surface area contributed by atoms with Crippen LogP contribution in [0.4, 0.5) is 0 Å². The summed E-state index contributed by atoms with van der Waals surface area (Å²) in [7, 11) is 0. The van der Waals surface area contributed by atoms with Gasteiger partial charge in [0.25, 0.3) is 0 Å². The third kappa shape index (κ3) is 42.3. The highest BCUT2D eigenvalue weighted by Crippen LogP contribution is 2.18. The minimum Gasteiger partial charge on any atom is -0.162 e. The van der Waals surface area contributed by atoms with Gasteiger partial charge in [-0.15, -0.1) is 0 Å². The lowest BCUT2D eigenvalue weighted by molar-refractivity contribution is 0.505. The van der Waals surface area contributed by atoms with Crippen molar-refractivity contribution in [3.63, 3.8) is 0 Å². The lowest BCUT2D eigenvalue weighted by Gasteiger charge is -2.05. The lowest BCUT2D eigenvalue weighted by atomic mass is 10.0. The highest BCUT2D eigenvalue weighted by molar-refractivity contribution is 7.99. The van der Waals surface area contributed by atoms with Crippen LogP contribution in [0.15, 0.2) is 0 Å². The second kappa shape index (κ2) is 41.4. The average Bonchev–Trinajstić information content (AvgIpc) is 3.02. The zero-order valence-corrected chi connectivity index (χ0v) is 32.1. The Kier molecular flexibility index (Phi) is 41.7. The molecule has 0 rings (SSSR count). The molecule has 0 atom stereocenters. The van der Waals surface area contributed by atoms with Gasteiger partial charge in [-0.05, 0) is 30.3 Å². The molecule has 0 aromatic carbocycles. The predicted octanol–water partition coefficient (Wildman–Crippen LogP) is 16.6. The molecule has 44 heavy (non-hydrogen) atoms. The van der Waals surface area contributed by atoms with Crippen LogP contribution in [0.5, 0.6) is 0 Å². The minimum absolute atomic E-state index is 0.894. The number of hydrogen-bond donors (Lipinski definition) is 0. The monoisotopic (exact) mass is 636 g/mol. The van der Waals surface area contributed by atoms with E-state index < -0.39 is 0 Å². The van der Waals surface area contributed by atoms with Crippen molar-refractivity contribution >= 4 is 11.8 Å². The second-order valence-electron chi connectivity index (χ2n) is 15.0. The topological polar surface area (TPSA) is 0 Å². The van der Waals surface area contributed by atoms with Crippen molar-refractivity contribution in [1.29, 1.82) is 0 Å². The number of unbranched alkanes of at least 4 members (excludes halogenated alkanes) is 34. The SMILES string of the molecule is [CH2]CCCCCCCCCCCCCCCCCCCCCCCCCCCSCCCCCCCCCCCCC(C)C. The summed E-state index contributed by atoms with van der Waals surface area (Å²) in [5.41, 5.74) is 0. The van der Waals surface area contributed by atoms with E-state index in [9.17, 15) is 0 Å². The maximum absolute atomic E-state index is 3.93. The Morgan fingerprint density at radius 1 is 0.295 bits per heavy atom. The summed E-state index contributed by atoms with van der Waals surface area (Å²) >= 11 is 2.23. The molecule has 0 aliphatic rings. The van der Waals surface area contributed by atoms with Gasteiger partial charge in [0.05, 0.1) is 0 Å². The third-order valence-corrected chi connectivity index (χ3v) is 11.0. The van der Waals surface area contributed by atoms with E-state index in [4.69, 9.17) is 0 Å². The van der Waals surface area contributed by atoms with Crippen LogP contribution in [0.25, 0.3) is 0 Å². The van der Waals surface area contributed by atoms with Gasteiger partial charge >= 0.3 is 0 Å². The first kappa shape index (κ1) is 44.4. The molecular weight excluding hydrogens is 549 g/mol. The van der Waals surface area contributed by atoms with E-state index in [2.05, 4.69) is 32.5 Å². The molecule has 265 valence electrons. The van der Waals surface area contributed by atoms with Gasteiger partial charge in [-0.2, -0.15) is 11.8 Å². The second-order valence-corrected chi connectivity index (χ2v) is 16.2. The van der Waals surface area contributed by atoms with Crippen LogP contribution in [0.3, 0.4) is 0 Å². The number of thioether (sulfide) groups is 1. The molecule has 0 nitrogen and oxygen atoms in total. The largest absolute Gasteiger partial charge is 0.162 e. The summed E-state index contributed by atoms with van der Waals surface area (Å²) in [4.78, 5) is 0. The molecule has 0 heterocycles. The average molecular weight is 636 g/mol. The van der Waals surface area contributed by atoms with Crippen LogP contribution in [0.2, 0.25) is 0 Å². The van der Waals surface area contributed by atoms with Gasteiger partial charge in [0.15, 0.2) is 0 Å². The van der Waals surface area contributed by atoms with E-state index in [0.29, 0.717) is 0 Å². The number of hydrogen-bond acceptors (Lipinski definition) is 1. The molecule has 0 aliphatic heterocycles. The van der Waals surface area contributed by atoms with Crippen LogP contribution < -0.4 is 0 Å². The maximum atomic E-state index is 3.93. The Morgan fingerprint density at radius 2 is 0.500 bits per heavy atom. The van der Waals surface area contributed by atoms with Gasteiger partial charge in [-0.25, -0.2) is 0 Å². The van der Waals surface area contributed by atoms with Crippen LogP contribution in [-0.4, -0.2) is 11.5 Å². The van der Waals surface area contributed by atoms with Crippen molar-refractivity contribution in [2.45, 2.75) is 251 Å². The van der Waals surface area contributed by atoms with Crippen LogP contribution in [-0.2, 0) is 0 Å². The highest BCUT2D eigenvalue weighted by atomic mass is 32.2. The molecule has 0 bridgehead atoms. The van der Waals surface area contributed by atoms with Gasteiger partial charge in [0.1, 0.15) is 0 Å². The van der Waals surface area contributed by atoms with Crippen LogP contribution in [0, 0.1) is 12.8 Å². The van der Waals surface area contributed by atoms with E-state index in [1.54, 1.807) is 0 Å². The minimum atomic E-state index is 0.894. The van der Waals surface area contributed by atoms with Crippen molar-refractivity contribution < 1.29 is 0 Å². The molecule has 0 aromatic rings. The Morgan fingerprint density at radius 3 is 0.727 bits per heavy atom. The van der Waals surface area contributed by atoms with E-state index in [1.165, 1.54) is 243 Å². The van der Waals surface area contributed by atoms with Crippen LogP contribution >= 0.6 is 11.8 Å². The quantitative estimate of drug-likeness (QED) is 0.0604. The summed E-state index contributed by atoms with van der Waals surface area (Å²) in [5.74, 6) is 3.72. The van der Waals surface area contributed by atoms with E-state index in [0.717, 1.165) is 12.3 Å². The van der Waals surface area contributed by atoms with E-state index in [-0.39, 0.29) is 0 Å². The van der Waals surface area contributed by atoms with E-state index in [1.807, 2.05) is 0 Å². The fraction of sp³-hybridized carbons (Fsp3) is 0.977. The summed E-state index contributed by atoms with van der Waals surface area (Å²) < 4.78 is 0. The Hall–Kier alpha value is 0.350. The molecule has 1 heteroatoms. The molecule has 0 amide bonds. The zero-order valence-electron chi connectivity index (χ0n) is 31.3. The molecule has 0 spiro atoms. The maximum Gasteiger partial charge on any atom is -0.00675 e. The van der Waals surface area contributed by atoms with Crippen LogP contribution in [0.1, 0.15) is 251 Å². The van der Waals surface area contributed by atoms with Gasteiger partial charge in [-0.1, -0.05) is 245 Å². The fourth-order valence-corrected chi connectivity index (χ4v) is 7.74. The first-order valence-corrected chi connectivity index (χ1v) is 22.3. The first-order valence-electron chi connectivity index (χ1n) is 21.1. The van der Waals surface area contributed by atoms with Crippen molar-refractivity contribution in [2.75, 3.05) is 11.5 Å². The smallest absolute Gasteiger partial charge is 0.00675 e. The van der Waals surface area contributed by atoms with Gasteiger partial charge in [-0.3, -0.25) is 0 Å². The standard InChI is InChI=1S/C43H87S/c1-4-5-6-7-8-9-10-11-12-13-14-15-16-17-18-19-20-21-22-23-24-26-29-32-35-38-41-44-42-39-36-33-30-27-25-28-31-34-37-40-43(2)3/h43H,1,4-42H2,2-3H3. The molecule has 1 radical (unpaired) electrons. The van der Waals surface area contributed by atoms with E-state index >= 15 is 0 Å². The fourth-order valence-electron chi connectivity index (χ4n) is 6.72. The summed E-state index contributed by atoms with van der Waals surface area (Å²) in [6.45, 7) is 8.63. The molecule has 0 saturated carbocycles. The molecule has 0 N–H and O–H groups in total. The summed E-state index contributed by atoms with van der Waals surface area (Å²) in [5, 5.41) is 0. The lowest BCUT2D eigenvalue weighted by Crippen LogP contribution is -1.88. The zero-order chi connectivity index (χ0) is 31.9. The number of rotatable bonds is 40. The molecule has 0 fully saturated rings. The third-order valence-electron chi connectivity index (χ3n) is 9.86. The molecule has 0 aromatic heterocycles.